The Morgan fingerprint density at radius 2 is 1.71 bits per heavy atom. The van der Waals surface area contributed by atoms with Crippen LogP contribution in [-0.2, 0) is 0 Å². The molecular formula is C17H19NO3. The Morgan fingerprint density at radius 3 is 2.48 bits per heavy atom. The van der Waals surface area contributed by atoms with E-state index in [1.54, 1.807) is 18.2 Å². The lowest BCUT2D eigenvalue weighted by molar-refractivity contribution is 0.0698. The van der Waals surface area contributed by atoms with E-state index in [0.29, 0.717) is 17.9 Å². The SMILES string of the molecule is O=C(O)c1ccccc1NCCCCOc1ccccc1. The van der Waals surface area contributed by atoms with Crippen LogP contribution < -0.4 is 10.1 Å². The van der Waals surface area contributed by atoms with Gasteiger partial charge in [-0.3, -0.25) is 0 Å². The molecule has 21 heavy (non-hydrogen) atoms. The maximum absolute atomic E-state index is 11.1. The Kier molecular flexibility index (Phi) is 5.64. The molecule has 0 aliphatic carbocycles. The van der Waals surface area contributed by atoms with Crippen LogP contribution in [-0.4, -0.2) is 24.2 Å². The number of nitrogens with one attached hydrogen (secondary N) is 1. The van der Waals surface area contributed by atoms with Crippen LogP contribution in [0, 0.1) is 0 Å². The smallest absolute Gasteiger partial charge is 0.337 e. The molecule has 0 fully saturated rings. The van der Waals surface area contributed by atoms with Gasteiger partial charge in [-0.2, -0.15) is 0 Å². The molecule has 0 aromatic heterocycles. The highest BCUT2D eigenvalue weighted by atomic mass is 16.5. The van der Waals surface area contributed by atoms with E-state index in [1.807, 2.05) is 36.4 Å². The Balaban J connectivity index is 1.67. The van der Waals surface area contributed by atoms with Gasteiger partial charge in [-0.25, -0.2) is 4.79 Å². The van der Waals surface area contributed by atoms with Crippen LogP contribution in [0.1, 0.15) is 23.2 Å². The summed E-state index contributed by atoms with van der Waals surface area (Å²) in [6.45, 7) is 1.38. The molecule has 0 radical (unpaired) electrons. The second-order valence-electron chi connectivity index (χ2n) is 4.65. The zero-order valence-electron chi connectivity index (χ0n) is 11.8. The second-order valence-corrected chi connectivity index (χ2v) is 4.65. The number of anilines is 1. The summed E-state index contributed by atoms with van der Waals surface area (Å²) in [5.41, 5.74) is 0.965. The number of hydrogen-bond donors (Lipinski definition) is 2. The number of ether oxygens (including phenoxy) is 1. The van der Waals surface area contributed by atoms with Gasteiger partial charge in [0.15, 0.2) is 0 Å². The summed E-state index contributed by atoms with van der Waals surface area (Å²) in [4.78, 5) is 11.1. The van der Waals surface area contributed by atoms with Crippen molar-refractivity contribution in [1.29, 1.82) is 0 Å². The largest absolute Gasteiger partial charge is 0.494 e. The number of rotatable bonds is 8. The Morgan fingerprint density at radius 1 is 1.00 bits per heavy atom. The van der Waals surface area contributed by atoms with E-state index in [9.17, 15) is 4.79 Å². The molecule has 0 heterocycles. The predicted molar refractivity (Wildman–Crippen MR) is 83.1 cm³/mol. The van der Waals surface area contributed by atoms with Crippen molar-refractivity contribution >= 4 is 11.7 Å². The van der Waals surface area contributed by atoms with Crippen molar-refractivity contribution in [2.45, 2.75) is 12.8 Å². The molecule has 0 amide bonds. The first-order valence-corrected chi connectivity index (χ1v) is 7.01. The number of carbonyl (C=O) groups is 1. The van der Waals surface area contributed by atoms with Crippen molar-refractivity contribution in [2.24, 2.45) is 0 Å². The van der Waals surface area contributed by atoms with Gasteiger partial charge in [-0.1, -0.05) is 30.3 Å². The van der Waals surface area contributed by atoms with Crippen LogP contribution in [0.3, 0.4) is 0 Å². The molecule has 0 spiro atoms. The van der Waals surface area contributed by atoms with Gasteiger partial charge >= 0.3 is 5.97 Å². The number of carboxylic acids is 1. The van der Waals surface area contributed by atoms with E-state index in [0.717, 1.165) is 25.1 Å². The minimum Gasteiger partial charge on any atom is -0.494 e. The molecule has 2 rings (SSSR count). The summed E-state index contributed by atoms with van der Waals surface area (Å²) < 4.78 is 5.60. The number of hydrogen-bond acceptors (Lipinski definition) is 3. The molecule has 4 heteroatoms. The number of para-hydroxylation sites is 2. The summed E-state index contributed by atoms with van der Waals surface area (Å²) in [7, 11) is 0. The zero-order valence-corrected chi connectivity index (χ0v) is 11.8. The fourth-order valence-electron chi connectivity index (χ4n) is 1.98. The molecule has 0 unspecified atom stereocenters. The lowest BCUT2D eigenvalue weighted by Gasteiger charge is -2.09. The van der Waals surface area contributed by atoms with Crippen molar-refractivity contribution in [2.75, 3.05) is 18.5 Å². The molecule has 0 saturated carbocycles. The van der Waals surface area contributed by atoms with E-state index in [1.165, 1.54) is 0 Å². The van der Waals surface area contributed by atoms with Gasteiger partial charge in [0.25, 0.3) is 0 Å². The summed E-state index contributed by atoms with van der Waals surface area (Å²) in [5.74, 6) is -0.0350. The van der Waals surface area contributed by atoms with Gasteiger partial charge in [-0.15, -0.1) is 0 Å². The number of aromatic carboxylic acids is 1. The van der Waals surface area contributed by atoms with E-state index in [4.69, 9.17) is 9.84 Å². The van der Waals surface area contributed by atoms with Crippen LogP contribution in [0.4, 0.5) is 5.69 Å². The normalized spacial score (nSPS) is 10.1. The topological polar surface area (TPSA) is 58.6 Å². The monoisotopic (exact) mass is 285 g/mol. The molecule has 2 aromatic rings. The first-order valence-electron chi connectivity index (χ1n) is 7.01. The van der Waals surface area contributed by atoms with Crippen molar-refractivity contribution in [3.05, 3.63) is 60.2 Å². The molecule has 4 nitrogen and oxygen atoms in total. The van der Waals surface area contributed by atoms with E-state index in [2.05, 4.69) is 5.32 Å². The highest BCUT2D eigenvalue weighted by Crippen LogP contribution is 2.15. The van der Waals surface area contributed by atoms with E-state index >= 15 is 0 Å². The van der Waals surface area contributed by atoms with Gasteiger partial charge in [0.1, 0.15) is 5.75 Å². The lowest BCUT2D eigenvalue weighted by atomic mass is 10.2. The summed E-state index contributed by atoms with van der Waals surface area (Å²) >= 11 is 0. The summed E-state index contributed by atoms with van der Waals surface area (Å²) in [6, 6.07) is 16.6. The summed E-state index contributed by atoms with van der Waals surface area (Å²) in [6.07, 6.45) is 1.83. The van der Waals surface area contributed by atoms with Gasteiger partial charge in [0.05, 0.1) is 12.2 Å². The molecule has 110 valence electrons. The highest BCUT2D eigenvalue weighted by molar-refractivity contribution is 5.94. The lowest BCUT2D eigenvalue weighted by Crippen LogP contribution is -2.08. The number of benzene rings is 2. The third-order valence-corrected chi connectivity index (χ3v) is 3.06. The average Bonchev–Trinajstić information content (AvgIpc) is 2.52. The molecular weight excluding hydrogens is 266 g/mol. The maximum Gasteiger partial charge on any atom is 0.337 e. The van der Waals surface area contributed by atoms with Crippen LogP contribution in [0.2, 0.25) is 0 Å². The van der Waals surface area contributed by atoms with Gasteiger partial charge in [0.2, 0.25) is 0 Å². The predicted octanol–water partition coefficient (Wildman–Crippen LogP) is 3.66. The quantitative estimate of drug-likeness (QED) is 0.727. The Hall–Kier alpha value is -2.49. The van der Waals surface area contributed by atoms with Crippen molar-refractivity contribution in [1.82, 2.24) is 0 Å². The fourth-order valence-corrected chi connectivity index (χ4v) is 1.98. The maximum atomic E-state index is 11.1. The minimum atomic E-state index is -0.912. The number of unbranched alkanes of at least 4 members (excludes halogenated alkanes) is 1. The molecule has 0 saturated heterocycles. The molecule has 0 bridgehead atoms. The number of carboxylic acid groups (broad SMARTS) is 1. The first kappa shape index (κ1) is 14.9. The molecule has 2 N–H and O–H groups in total. The molecule has 0 atom stereocenters. The highest BCUT2D eigenvalue weighted by Gasteiger charge is 2.07. The van der Waals surface area contributed by atoms with Gasteiger partial charge in [0, 0.05) is 12.2 Å². The Bertz CT molecular complexity index is 569. The van der Waals surface area contributed by atoms with Crippen molar-refractivity contribution in [3.8, 4) is 5.75 Å². The van der Waals surface area contributed by atoms with Crippen molar-refractivity contribution in [3.63, 3.8) is 0 Å². The Labute approximate surface area is 124 Å². The third kappa shape index (κ3) is 4.84. The van der Waals surface area contributed by atoms with Gasteiger partial charge in [-0.05, 0) is 37.1 Å². The van der Waals surface area contributed by atoms with Crippen LogP contribution in [0.25, 0.3) is 0 Å². The van der Waals surface area contributed by atoms with Crippen LogP contribution in [0.15, 0.2) is 54.6 Å². The fraction of sp³-hybridized carbons (Fsp3) is 0.235. The molecule has 0 aliphatic rings. The van der Waals surface area contributed by atoms with Gasteiger partial charge < -0.3 is 15.2 Å². The van der Waals surface area contributed by atoms with Crippen LogP contribution in [0.5, 0.6) is 5.75 Å². The zero-order chi connectivity index (χ0) is 14.9. The summed E-state index contributed by atoms with van der Waals surface area (Å²) in [5, 5.41) is 12.2. The standard InChI is InChI=1S/C17H19NO3/c19-17(20)15-10-4-5-11-16(15)18-12-6-7-13-21-14-8-2-1-3-9-14/h1-5,8-11,18H,6-7,12-13H2,(H,19,20). The second kappa shape index (κ2) is 7.94. The van der Waals surface area contributed by atoms with E-state index < -0.39 is 5.97 Å². The average molecular weight is 285 g/mol. The third-order valence-electron chi connectivity index (χ3n) is 3.06. The first-order chi connectivity index (χ1) is 10.3. The minimum absolute atomic E-state index is 0.304. The van der Waals surface area contributed by atoms with Crippen LogP contribution >= 0.6 is 0 Å². The molecule has 2 aromatic carbocycles. The van der Waals surface area contributed by atoms with E-state index in [-0.39, 0.29) is 0 Å². The van der Waals surface area contributed by atoms with Crippen molar-refractivity contribution < 1.29 is 14.6 Å². The molecule has 0 aliphatic heterocycles.